The van der Waals surface area contributed by atoms with Crippen LogP contribution in [0.4, 0.5) is 4.39 Å². The molecule has 5 nitrogen and oxygen atoms in total. The molecule has 1 heterocycles. The Bertz CT molecular complexity index is 617. The standard InChI is InChI=1S/C12H10BClFN3O2/c1-18-11(19)5-10(17-12(18)13-20-6-16)8-4-7(15)2-3-9(8)14/h2-4,10,17H,5H2,1H3/t10-/m0/s1. The van der Waals surface area contributed by atoms with Crippen LogP contribution in [0.25, 0.3) is 0 Å². The molecule has 1 aromatic rings. The van der Waals surface area contributed by atoms with Crippen LogP contribution in [-0.2, 0) is 9.45 Å². The maximum atomic E-state index is 13.3. The van der Waals surface area contributed by atoms with Gasteiger partial charge in [-0.1, -0.05) is 0 Å². The van der Waals surface area contributed by atoms with E-state index in [1.807, 2.05) is 0 Å². The monoisotopic (exact) mass is 293 g/mol. The molecule has 0 unspecified atom stereocenters. The van der Waals surface area contributed by atoms with Crippen LogP contribution in [0.2, 0.25) is 5.02 Å². The third-order valence-electron chi connectivity index (χ3n) is 2.99. The molecule has 0 aromatic heterocycles. The summed E-state index contributed by atoms with van der Waals surface area (Å²) in [5.41, 5.74) is 0.795. The quantitative estimate of drug-likeness (QED) is 0.657. The van der Waals surface area contributed by atoms with Crippen LogP contribution in [0.3, 0.4) is 0 Å². The van der Waals surface area contributed by atoms with Crippen molar-refractivity contribution in [1.29, 1.82) is 5.26 Å². The van der Waals surface area contributed by atoms with Gasteiger partial charge >= 0.3 is 120 Å². The SMILES string of the molecule is CN1C(=O)C[C@@H](c2cc(F)ccc2Cl)NC1=BOC#N. The zero-order valence-corrected chi connectivity index (χ0v) is 11.3. The molecule has 0 bridgehead atoms. The van der Waals surface area contributed by atoms with Gasteiger partial charge in [0.25, 0.3) is 0 Å². The number of carbonyl (C=O) groups excluding carboxylic acids is 1. The van der Waals surface area contributed by atoms with Gasteiger partial charge in [0.2, 0.25) is 0 Å². The summed E-state index contributed by atoms with van der Waals surface area (Å²) in [5.74, 6) is -0.627. The second-order valence-corrected chi connectivity index (χ2v) is 4.64. The second-order valence-electron chi connectivity index (χ2n) is 4.23. The number of nitrogens with one attached hydrogen (secondary N) is 1. The van der Waals surface area contributed by atoms with Crippen LogP contribution in [0.1, 0.15) is 18.0 Å². The van der Waals surface area contributed by atoms with Crippen molar-refractivity contribution in [3.05, 3.63) is 34.6 Å². The Labute approximate surface area is 120 Å². The van der Waals surface area contributed by atoms with Gasteiger partial charge in [0.1, 0.15) is 0 Å². The van der Waals surface area contributed by atoms with E-state index in [1.165, 1.54) is 29.4 Å². The number of amides is 1. The van der Waals surface area contributed by atoms with Gasteiger partial charge in [0.15, 0.2) is 0 Å². The summed E-state index contributed by atoms with van der Waals surface area (Å²) in [6, 6.07) is 3.49. The van der Waals surface area contributed by atoms with E-state index in [9.17, 15) is 9.18 Å². The molecule has 8 heteroatoms. The summed E-state index contributed by atoms with van der Waals surface area (Å²) in [7, 11) is 2.67. The molecule has 0 radical (unpaired) electrons. The fourth-order valence-electron chi connectivity index (χ4n) is 1.94. The summed E-state index contributed by atoms with van der Waals surface area (Å²) >= 11 is 6.03. The first-order valence-corrected chi connectivity index (χ1v) is 6.13. The van der Waals surface area contributed by atoms with Crippen molar-refractivity contribution >= 4 is 30.3 Å². The molecule has 1 aliphatic rings. The maximum absolute atomic E-state index is 13.3. The molecule has 1 amide bonds. The van der Waals surface area contributed by atoms with Crippen molar-refractivity contribution in [2.45, 2.75) is 12.5 Å². The molecular formula is C12H10BClFN3O2. The molecule has 1 saturated heterocycles. The van der Waals surface area contributed by atoms with Gasteiger partial charge in [-0.05, 0) is 0 Å². The molecule has 1 N–H and O–H groups in total. The van der Waals surface area contributed by atoms with E-state index in [0.717, 1.165) is 7.12 Å². The minimum absolute atomic E-state index is 0.129. The molecule has 20 heavy (non-hydrogen) atoms. The van der Waals surface area contributed by atoms with Crippen molar-refractivity contribution in [2.75, 3.05) is 7.05 Å². The third-order valence-corrected chi connectivity index (χ3v) is 3.34. The van der Waals surface area contributed by atoms with Crippen molar-refractivity contribution in [1.82, 2.24) is 10.2 Å². The van der Waals surface area contributed by atoms with Crippen LogP contribution in [-0.4, -0.2) is 30.7 Å². The molecule has 2 rings (SSSR count). The summed E-state index contributed by atoms with van der Waals surface area (Å²) < 4.78 is 17.8. The van der Waals surface area contributed by atoms with E-state index in [2.05, 4.69) is 9.97 Å². The van der Waals surface area contributed by atoms with Crippen LogP contribution < -0.4 is 5.32 Å². The van der Waals surface area contributed by atoms with Crippen LogP contribution in [0.15, 0.2) is 18.2 Å². The van der Waals surface area contributed by atoms with Gasteiger partial charge in [-0.25, -0.2) is 0 Å². The Kier molecular flexibility index (Phi) is 4.25. The van der Waals surface area contributed by atoms with E-state index in [-0.39, 0.29) is 12.3 Å². The fourth-order valence-corrected chi connectivity index (χ4v) is 2.19. The normalized spacial score (nSPS) is 20.1. The number of hydrogen-bond donors (Lipinski definition) is 1. The predicted molar refractivity (Wildman–Crippen MR) is 72.1 cm³/mol. The molecule has 1 aromatic carbocycles. The van der Waals surface area contributed by atoms with E-state index >= 15 is 0 Å². The molecule has 1 fully saturated rings. The van der Waals surface area contributed by atoms with Crippen molar-refractivity contribution in [3.8, 4) is 6.26 Å². The third kappa shape index (κ3) is 2.91. The predicted octanol–water partition coefficient (Wildman–Crippen LogP) is 1.18. The van der Waals surface area contributed by atoms with Gasteiger partial charge in [-0.2, -0.15) is 0 Å². The Morgan fingerprint density at radius 2 is 2.40 bits per heavy atom. The van der Waals surface area contributed by atoms with Crippen molar-refractivity contribution < 1.29 is 13.8 Å². The number of benzene rings is 1. The number of carbonyl (C=O) groups is 1. The van der Waals surface area contributed by atoms with Crippen LogP contribution >= 0.6 is 11.6 Å². The van der Waals surface area contributed by atoms with E-state index < -0.39 is 11.9 Å². The van der Waals surface area contributed by atoms with Crippen LogP contribution in [0.5, 0.6) is 0 Å². The number of halogens is 2. The summed E-state index contributed by atoms with van der Waals surface area (Å²) in [6.07, 6.45) is 1.61. The molecule has 1 atom stereocenters. The van der Waals surface area contributed by atoms with Gasteiger partial charge in [0.05, 0.1) is 0 Å². The van der Waals surface area contributed by atoms with Gasteiger partial charge in [-0.3, -0.25) is 0 Å². The molecular weight excluding hydrogens is 283 g/mol. The number of nitrogens with zero attached hydrogens (tertiary/aromatic N) is 2. The number of hydrogen-bond acceptors (Lipinski definition) is 4. The van der Waals surface area contributed by atoms with Crippen LogP contribution in [0, 0.1) is 17.3 Å². The van der Waals surface area contributed by atoms with Crippen molar-refractivity contribution in [3.63, 3.8) is 0 Å². The molecule has 0 aliphatic carbocycles. The van der Waals surface area contributed by atoms with E-state index in [4.69, 9.17) is 16.9 Å². The average Bonchev–Trinajstić information content (AvgIpc) is 2.43. The zero-order chi connectivity index (χ0) is 14.7. The Hall–Kier alpha value is -2.07. The van der Waals surface area contributed by atoms with Gasteiger partial charge in [0, 0.05) is 0 Å². The molecule has 1 aliphatic heterocycles. The number of nitriles is 1. The number of rotatable bonds is 2. The fraction of sp³-hybridized carbons (Fsp3) is 0.250. The second kappa shape index (κ2) is 5.93. The zero-order valence-electron chi connectivity index (χ0n) is 10.6. The first-order valence-electron chi connectivity index (χ1n) is 5.76. The minimum atomic E-state index is -0.476. The van der Waals surface area contributed by atoms with E-state index in [0.29, 0.717) is 16.3 Å². The Morgan fingerprint density at radius 1 is 1.65 bits per heavy atom. The topological polar surface area (TPSA) is 65.4 Å². The Balaban J connectivity index is 2.32. The summed E-state index contributed by atoms with van der Waals surface area (Å²) in [4.78, 5) is 13.2. The van der Waals surface area contributed by atoms with Gasteiger partial charge < -0.3 is 0 Å². The first kappa shape index (κ1) is 14.3. The van der Waals surface area contributed by atoms with Crippen molar-refractivity contribution in [2.24, 2.45) is 0 Å². The average molecular weight is 293 g/mol. The van der Waals surface area contributed by atoms with Gasteiger partial charge in [-0.15, -0.1) is 0 Å². The molecule has 102 valence electrons. The summed E-state index contributed by atoms with van der Waals surface area (Å²) in [6.45, 7) is 0. The van der Waals surface area contributed by atoms with E-state index in [1.54, 1.807) is 7.05 Å². The molecule has 0 spiro atoms. The Morgan fingerprint density at radius 3 is 3.10 bits per heavy atom. The molecule has 0 saturated carbocycles. The first-order chi connectivity index (χ1) is 9.52. The summed E-state index contributed by atoms with van der Waals surface area (Å²) in [5, 5.41) is 11.7.